The van der Waals surface area contributed by atoms with Gasteiger partial charge in [0.05, 0.1) is 6.04 Å². The normalized spacial score (nSPS) is 26.7. The molecule has 0 aromatic rings. The third kappa shape index (κ3) is 4.60. The van der Waals surface area contributed by atoms with Crippen LogP contribution in [0.3, 0.4) is 0 Å². The second-order valence-electron chi connectivity index (χ2n) is 6.83. The van der Waals surface area contributed by atoms with Gasteiger partial charge in [-0.2, -0.15) is 0 Å². The van der Waals surface area contributed by atoms with Crippen molar-refractivity contribution in [3.63, 3.8) is 0 Å². The summed E-state index contributed by atoms with van der Waals surface area (Å²) in [7, 11) is 1.69. The molecule has 1 fully saturated rings. The molecule has 1 aliphatic carbocycles. The van der Waals surface area contributed by atoms with Crippen molar-refractivity contribution >= 4 is 5.91 Å². The molecule has 106 valence electrons. The van der Waals surface area contributed by atoms with Crippen LogP contribution in [0.25, 0.3) is 0 Å². The average Bonchev–Trinajstić information content (AvgIpc) is 2.34. The van der Waals surface area contributed by atoms with Gasteiger partial charge in [-0.1, -0.05) is 20.8 Å². The number of likely N-dealkylation sites (N-methyl/N-ethyl adjacent to an activating group) is 1. The predicted octanol–water partition coefficient (Wildman–Crippen LogP) is 2.56. The monoisotopic (exact) mass is 254 g/mol. The number of amides is 1. The summed E-state index contributed by atoms with van der Waals surface area (Å²) in [6, 6.07) is -0.0738. The van der Waals surface area contributed by atoms with E-state index in [9.17, 15) is 4.79 Å². The highest BCUT2D eigenvalue weighted by Crippen LogP contribution is 2.39. The molecule has 1 rings (SSSR count). The Morgan fingerprint density at radius 1 is 1.22 bits per heavy atom. The second kappa shape index (κ2) is 6.55. The van der Waals surface area contributed by atoms with Crippen molar-refractivity contribution in [2.45, 2.75) is 59.4 Å². The Hall–Kier alpha value is -0.570. The fraction of sp³-hybridized carbons (Fsp3) is 0.933. The van der Waals surface area contributed by atoms with Crippen LogP contribution in [0.1, 0.15) is 53.4 Å². The molecule has 0 aromatic carbocycles. The Morgan fingerprint density at radius 2 is 1.78 bits per heavy atom. The summed E-state index contributed by atoms with van der Waals surface area (Å²) in [6.45, 7) is 9.96. The lowest BCUT2D eigenvalue weighted by Crippen LogP contribution is -2.43. The lowest BCUT2D eigenvalue weighted by atomic mass is 9.70. The summed E-state index contributed by atoms with van der Waals surface area (Å²) in [5.74, 6) is 1.69. The van der Waals surface area contributed by atoms with E-state index in [1.54, 1.807) is 7.05 Å². The van der Waals surface area contributed by atoms with E-state index in [4.69, 9.17) is 0 Å². The predicted molar refractivity (Wildman–Crippen MR) is 76.4 cm³/mol. The standard InChI is InChI=1S/C15H30N2O/c1-11(14(18)16-5)17-10-12-6-8-13(9-7-12)15(2,3)4/h11-13,17H,6-10H2,1-5H3,(H,16,18). The second-order valence-corrected chi connectivity index (χ2v) is 6.83. The zero-order valence-corrected chi connectivity index (χ0v) is 12.7. The van der Waals surface area contributed by atoms with Gasteiger partial charge in [-0.15, -0.1) is 0 Å². The first-order valence-corrected chi connectivity index (χ1v) is 7.29. The van der Waals surface area contributed by atoms with Gasteiger partial charge in [0.2, 0.25) is 5.91 Å². The SMILES string of the molecule is CNC(=O)C(C)NCC1CCC(C(C)(C)C)CC1. The maximum Gasteiger partial charge on any atom is 0.236 e. The summed E-state index contributed by atoms with van der Waals surface area (Å²) in [4.78, 5) is 11.4. The van der Waals surface area contributed by atoms with Crippen molar-refractivity contribution in [2.75, 3.05) is 13.6 Å². The first-order chi connectivity index (χ1) is 8.34. The number of carbonyl (C=O) groups excluding carboxylic acids is 1. The average molecular weight is 254 g/mol. The molecule has 18 heavy (non-hydrogen) atoms. The molecule has 1 aliphatic rings. The van der Waals surface area contributed by atoms with Gasteiger partial charge in [-0.25, -0.2) is 0 Å². The van der Waals surface area contributed by atoms with Gasteiger partial charge < -0.3 is 10.6 Å². The van der Waals surface area contributed by atoms with Crippen LogP contribution in [-0.2, 0) is 4.79 Å². The fourth-order valence-corrected chi connectivity index (χ4v) is 2.89. The maximum absolute atomic E-state index is 11.4. The molecule has 0 saturated heterocycles. The Morgan fingerprint density at radius 3 is 2.22 bits per heavy atom. The molecule has 1 unspecified atom stereocenters. The largest absolute Gasteiger partial charge is 0.358 e. The number of carbonyl (C=O) groups is 1. The number of hydrogen-bond acceptors (Lipinski definition) is 2. The number of hydrogen-bond donors (Lipinski definition) is 2. The zero-order valence-electron chi connectivity index (χ0n) is 12.7. The molecule has 1 amide bonds. The fourth-order valence-electron chi connectivity index (χ4n) is 2.89. The van der Waals surface area contributed by atoms with E-state index in [0.717, 1.165) is 18.4 Å². The quantitative estimate of drug-likeness (QED) is 0.809. The Bertz CT molecular complexity index is 262. The van der Waals surface area contributed by atoms with E-state index in [2.05, 4.69) is 31.4 Å². The molecule has 0 radical (unpaired) electrons. The molecule has 0 bridgehead atoms. The Balaban J connectivity index is 2.26. The molecule has 2 N–H and O–H groups in total. The molecule has 0 aromatic heterocycles. The molecule has 0 aliphatic heterocycles. The van der Waals surface area contributed by atoms with E-state index in [1.807, 2.05) is 6.92 Å². The van der Waals surface area contributed by atoms with Crippen LogP contribution in [0.15, 0.2) is 0 Å². The summed E-state index contributed by atoms with van der Waals surface area (Å²) in [5.41, 5.74) is 0.452. The van der Waals surface area contributed by atoms with Crippen LogP contribution in [0, 0.1) is 17.3 Å². The molecule has 0 spiro atoms. The van der Waals surface area contributed by atoms with Gasteiger partial charge in [0.25, 0.3) is 0 Å². The summed E-state index contributed by atoms with van der Waals surface area (Å²) in [6.07, 6.45) is 5.28. The lowest BCUT2D eigenvalue weighted by molar-refractivity contribution is -0.122. The van der Waals surface area contributed by atoms with Crippen molar-refractivity contribution in [1.29, 1.82) is 0 Å². The first-order valence-electron chi connectivity index (χ1n) is 7.29. The van der Waals surface area contributed by atoms with E-state index < -0.39 is 0 Å². The first kappa shape index (κ1) is 15.5. The molecular formula is C15H30N2O. The van der Waals surface area contributed by atoms with Gasteiger partial charge >= 0.3 is 0 Å². The number of nitrogens with one attached hydrogen (secondary N) is 2. The van der Waals surface area contributed by atoms with E-state index >= 15 is 0 Å². The van der Waals surface area contributed by atoms with Crippen molar-refractivity contribution < 1.29 is 4.79 Å². The maximum atomic E-state index is 11.4. The van der Waals surface area contributed by atoms with E-state index in [1.165, 1.54) is 25.7 Å². The summed E-state index contributed by atoms with van der Waals surface area (Å²) < 4.78 is 0. The third-order valence-corrected chi connectivity index (χ3v) is 4.42. The highest BCUT2D eigenvalue weighted by molar-refractivity contribution is 5.80. The zero-order chi connectivity index (χ0) is 13.8. The van der Waals surface area contributed by atoms with Crippen molar-refractivity contribution in [3.8, 4) is 0 Å². The Labute approximate surface area is 112 Å². The smallest absolute Gasteiger partial charge is 0.236 e. The highest BCUT2D eigenvalue weighted by atomic mass is 16.2. The lowest BCUT2D eigenvalue weighted by Gasteiger charge is -2.37. The van der Waals surface area contributed by atoms with Crippen LogP contribution in [0.2, 0.25) is 0 Å². The third-order valence-electron chi connectivity index (χ3n) is 4.42. The van der Waals surface area contributed by atoms with Crippen LogP contribution in [0.4, 0.5) is 0 Å². The molecule has 0 heterocycles. The van der Waals surface area contributed by atoms with Gasteiger partial charge in [0.1, 0.15) is 0 Å². The van der Waals surface area contributed by atoms with Crippen LogP contribution in [-0.4, -0.2) is 25.5 Å². The highest BCUT2D eigenvalue weighted by Gasteiger charge is 2.29. The number of rotatable bonds is 4. The summed E-state index contributed by atoms with van der Waals surface area (Å²) >= 11 is 0. The molecule has 1 saturated carbocycles. The van der Waals surface area contributed by atoms with Crippen LogP contribution in [0.5, 0.6) is 0 Å². The minimum Gasteiger partial charge on any atom is -0.358 e. The van der Waals surface area contributed by atoms with Gasteiger partial charge in [0, 0.05) is 7.05 Å². The molecular weight excluding hydrogens is 224 g/mol. The minimum atomic E-state index is -0.0738. The van der Waals surface area contributed by atoms with E-state index in [-0.39, 0.29) is 11.9 Å². The van der Waals surface area contributed by atoms with Crippen LogP contribution < -0.4 is 10.6 Å². The van der Waals surface area contributed by atoms with Crippen molar-refractivity contribution in [1.82, 2.24) is 10.6 Å². The van der Waals surface area contributed by atoms with Crippen molar-refractivity contribution in [2.24, 2.45) is 17.3 Å². The van der Waals surface area contributed by atoms with E-state index in [0.29, 0.717) is 5.41 Å². The summed E-state index contributed by atoms with van der Waals surface area (Å²) in [5, 5.41) is 6.02. The molecule has 3 heteroatoms. The van der Waals surface area contributed by atoms with Gasteiger partial charge in [0.15, 0.2) is 0 Å². The molecule has 3 nitrogen and oxygen atoms in total. The minimum absolute atomic E-state index is 0.0738. The van der Waals surface area contributed by atoms with Crippen molar-refractivity contribution in [3.05, 3.63) is 0 Å². The topological polar surface area (TPSA) is 41.1 Å². The van der Waals surface area contributed by atoms with Crippen LogP contribution >= 0.6 is 0 Å². The molecule has 1 atom stereocenters. The van der Waals surface area contributed by atoms with Gasteiger partial charge in [-0.3, -0.25) is 4.79 Å². The Kier molecular flexibility index (Phi) is 5.64. The van der Waals surface area contributed by atoms with Gasteiger partial charge in [-0.05, 0) is 56.4 Å².